The molecule has 2 unspecified atom stereocenters. The molecule has 0 aliphatic heterocycles. The van der Waals surface area contributed by atoms with E-state index in [2.05, 4.69) is 92.4 Å². The molecule has 4 rings (SSSR count). The van der Waals surface area contributed by atoms with E-state index in [0.717, 1.165) is 12.8 Å². The first-order valence-electron chi connectivity index (χ1n) is 11.3. The predicted molar refractivity (Wildman–Crippen MR) is 126 cm³/mol. The minimum Gasteiger partial charge on any atom is -0.262 e. The van der Waals surface area contributed by atoms with Crippen LogP contribution >= 0.6 is 0 Å². The van der Waals surface area contributed by atoms with Crippen LogP contribution in [-0.4, -0.2) is 19.6 Å². The highest BCUT2D eigenvalue weighted by Crippen LogP contribution is 2.32. The summed E-state index contributed by atoms with van der Waals surface area (Å²) in [5, 5.41) is 11.9. The summed E-state index contributed by atoms with van der Waals surface area (Å²) < 4.78 is 4.33. The lowest BCUT2D eigenvalue weighted by Crippen LogP contribution is -2.08. The van der Waals surface area contributed by atoms with Gasteiger partial charge in [-0.25, -0.2) is 0 Å². The van der Waals surface area contributed by atoms with E-state index in [4.69, 9.17) is 5.10 Å². The maximum Gasteiger partial charge on any atom is 0.0688 e. The lowest BCUT2D eigenvalue weighted by molar-refractivity contribution is 0.442. The second-order valence-electron chi connectivity index (χ2n) is 9.35. The van der Waals surface area contributed by atoms with Crippen LogP contribution in [0.4, 0.5) is 0 Å². The Morgan fingerprint density at radius 1 is 0.800 bits per heavy atom. The summed E-state index contributed by atoms with van der Waals surface area (Å²) in [6, 6.07) is 14.1. The number of hydrogen-bond acceptors (Lipinski definition) is 2. The van der Waals surface area contributed by atoms with E-state index in [9.17, 15) is 0 Å². The molecule has 4 heteroatoms. The molecular weight excluding hydrogens is 368 g/mol. The van der Waals surface area contributed by atoms with Crippen molar-refractivity contribution in [2.24, 2.45) is 0 Å². The van der Waals surface area contributed by atoms with Gasteiger partial charge in [-0.05, 0) is 68.7 Å². The Hall–Kier alpha value is -2.62. The van der Waals surface area contributed by atoms with Gasteiger partial charge in [0.05, 0.1) is 23.4 Å². The Morgan fingerprint density at radius 3 is 2.30 bits per heavy atom. The van der Waals surface area contributed by atoms with Crippen LogP contribution in [0.2, 0.25) is 0 Å². The van der Waals surface area contributed by atoms with Gasteiger partial charge >= 0.3 is 0 Å². The summed E-state index contributed by atoms with van der Waals surface area (Å²) in [4.78, 5) is 0. The Balaban J connectivity index is 1.53. The summed E-state index contributed by atoms with van der Waals surface area (Å²) >= 11 is 0. The largest absolute Gasteiger partial charge is 0.262 e. The third-order valence-electron chi connectivity index (χ3n) is 6.42. The molecule has 4 aromatic rings. The molecule has 0 fully saturated rings. The molecule has 0 saturated heterocycles. The molecule has 2 aromatic carbocycles. The van der Waals surface area contributed by atoms with Crippen molar-refractivity contribution in [1.29, 1.82) is 0 Å². The second-order valence-corrected chi connectivity index (χ2v) is 9.35. The van der Waals surface area contributed by atoms with Crippen molar-refractivity contribution in [3.05, 3.63) is 59.9 Å². The van der Waals surface area contributed by atoms with Crippen LogP contribution in [0.25, 0.3) is 21.8 Å². The predicted octanol–water partition coefficient (Wildman–Crippen LogP) is 7.24. The molecule has 2 heterocycles. The van der Waals surface area contributed by atoms with E-state index in [1.165, 1.54) is 32.9 Å². The number of benzene rings is 2. The molecule has 0 aliphatic carbocycles. The normalized spacial score (nSPS) is 14.3. The zero-order valence-electron chi connectivity index (χ0n) is 19.1. The van der Waals surface area contributed by atoms with Crippen LogP contribution in [0.1, 0.15) is 89.4 Å². The third-order valence-corrected chi connectivity index (χ3v) is 6.42. The van der Waals surface area contributed by atoms with E-state index in [1.54, 1.807) is 0 Å². The fraction of sp³-hybridized carbons (Fsp3) is 0.462. The van der Waals surface area contributed by atoms with Gasteiger partial charge in [0, 0.05) is 22.9 Å². The Kier molecular flexibility index (Phi) is 5.68. The highest BCUT2D eigenvalue weighted by Gasteiger charge is 2.17. The minimum atomic E-state index is 0.366. The summed E-state index contributed by atoms with van der Waals surface area (Å²) in [6.45, 7) is 13.5. The van der Waals surface area contributed by atoms with Crippen LogP contribution in [0, 0.1) is 0 Å². The number of hydrogen-bond donors (Lipinski definition) is 0. The molecule has 0 amide bonds. The first-order valence-corrected chi connectivity index (χ1v) is 11.3. The van der Waals surface area contributed by atoms with Crippen molar-refractivity contribution in [1.82, 2.24) is 19.6 Å². The van der Waals surface area contributed by atoms with Crippen LogP contribution in [0.15, 0.2) is 48.8 Å². The number of aromatic nitrogens is 4. The van der Waals surface area contributed by atoms with Crippen molar-refractivity contribution in [3.8, 4) is 0 Å². The zero-order valence-corrected chi connectivity index (χ0v) is 19.1. The van der Waals surface area contributed by atoms with Gasteiger partial charge in [-0.15, -0.1) is 0 Å². The molecule has 2 atom stereocenters. The molecule has 4 nitrogen and oxygen atoms in total. The first kappa shape index (κ1) is 20.6. The molecule has 0 saturated carbocycles. The van der Waals surface area contributed by atoms with E-state index >= 15 is 0 Å². The average Bonchev–Trinajstić information content (AvgIpc) is 3.35. The second kappa shape index (κ2) is 8.25. The van der Waals surface area contributed by atoms with Crippen molar-refractivity contribution in [3.63, 3.8) is 0 Å². The molecule has 0 bridgehead atoms. The first-order chi connectivity index (χ1) is 14.4. The van der Waals surface area contributed by atoms with E-state index < -0.39 is 0 Å². The van der Waals surface area contributed by atoms with Gasteiger partial charge < -0.3 is 0 Å². The van der Waals surface area contributed by atoms with Crippen LogP contribution in [0.5, 0.6) is 0 Å². The number of fused-ring (bicyclic) bond motifs is 2. The van der Waals surface area contributed by atoms with Crippen molar-refractivity contribution in [2.75, 3.05) is 0 Å². The number of nitrogens with zero attached hydrogens (tertiary/aromatic N) is 4. The Morgan fingerprint density at radius 2 is 1.57 bits per heavy atom. The zero-order chi connectivity index (χ0) is 21.4. The molecular formula is C26H34N4. The Bertz CT molecular complexity index is 1150. The lowest BCUT2D eigenvalue weighted by atomic mass is 9.92. The highest BCUT2D eigenvalue weighted by molar-refractivity contribution is 5.83. The minimum absolute atomic E-state index is 0.366. The highest BCUT2D eigenvalue weighted by atomic mass is 15.3. The van der Waals surface area contributed by atoms with Gasteiger partial charge in [-0.3, -0.25) is 9.36 Å². The van der Waals surface area contributed by atoms with Crippen molar-refractivity contribution in [2.45, 2.75) is 78.3 Å². The molecule has 2 aromatic heterocycles. The van der Waals surface area contributed by atoms with E-state index in [1.807, 2.05) is 12.4 Å². The standard InChI is InChI=1S/C26H34N4/c1-17(2)21-12-13-22-15-27-30(26(22)14-21)20(6)11-10-19(5)23-8-7-9-25-24(23)16-28-29(25)18(3)4/h7-9,12-20H,10-11H2,1-6H3. The van der Waals surface area contributed by atoms with Gasteiger partial charge in [0.2, 0.25) is 0 Å². The summed E-state index contributed by atoms with van der Waals surface area (Å²) in [6.07, 6.45) is 6.26. The molecule has 0 aliphatic rings. The average molecular weight is 403 g/mol. The SMILES string of the molecule is CC(C)c1ccc2cnn(C(C)CCC(C)c3cccc4c3cnn4C(C)C)c2c1. The monoisotopic (exact) mass is 402 g/mol. The lowest BCUT2D eigenvalue weighted by Gasteiger charge is -2.18. The molecule has 158 valence electrons. The summed E-state index contributed by atoms with van der Waals surface area (Å²) in [7, 11) is 0. The third kappa shape index (κ3) is 3.76. The molecule has 30 heavy (non-hydrogen) atoms. The smallest absolute Gasteiger partial charge is 0.0688 e. The maximum atomic E-state index is 4.72. The van der Waals surface area contributed by atoms with E-state index in [-0.39, 0.29) is 0 Å². The van der Waals surface area contributed by atoms with E-state index in [0.29, 0.717) is 23.9 Å². The van der Waals surface area contributed by atoms with Gasteiger partial charge in [0.1, 0.15) is 0 Å². The number of rotatable bonds is 7. The van der Waals surface area contributed by atoms with Crippen LogP contribution < -0.4 is 0 Å². The van der Waals surface area contributed by atoms with Gasteiger partial charge in [-0.2, -0.15) is 10.2 Å². The van der Waals surface area contributed by atoms with Gasteiger partial charge in [-0.1, -0.05) is 45.0 Å². The van der Waals surface area contributed by atoms with Gasteiger partial charge in [0.15, 0.2) is 0 Å². The van der Waals surface area contributed by atoms with Crippen molar-refractivity contribution >= 4 is 21.8 Å². The van der Waals surface area contributed by atoms with Gasteiger partial charge in [0.25, 0.3) is 0 Å². The fourth-order valence-corrected chi connectivity index (χ4v) is 4.47. The van der Waals surface area contributed by atoms with Crippen molar-refractivity contribution < 1.29 is 0 Å². The topological polar surface area (TPSA) is 35.6 Å². The quantitative estimate of drug-likeness (QED) is 0.327. The maximum absolute atomic E-state index is 4.72. The summed E-state index contributed by atoms with van der Waals surface area (Å²) in [5.41, 5.74) is 5.26. The molecule has 0 radical (unpaired) electrons. The van der Waals surface area contributed by atoms with Crippen LogP contribution in [0.3, 0.4) is 0 Å². The Labute approximate surface area is 179 Å². The molecule has 0 spiro atoms. The fourth-order valence-electron chi connectivity index (χ4n) is 4.47. The molecule has 0 N–H and O–H groups in total. The summed E-state index contributed by atoms with van der Waals surface area (Å²) in [5.74, 6) is 1.01. The van der Waals surface area contributed by atoms with Crippen LogP contribution in [-0.2, 0) is 0 Å².